The van der Waals surface area contributed by atoms with Gasteiger partial charge in [0.25, 0.3) is 0 Å². The molecule has 0 aromatic heterocycles. The molecule has 2 N–H and O–H groups in total. The first-order chi connectivity index (χ1) is 10.2. The van der Waals surface area contributed by atoms with E-state index < -0.39 is 0 Å². The van der Waals surface area contributed by atoms with Crippen molar-refractivity contribution in [2.24, 2.45) is 11.7 Å². The zero-order chi connectivity index (χ0) is 14.7. The van der Waals surface area contributed by atoms with Crippen LogP contribution in [0.5, 0.6) is 0 Å². The summed E-state index contributed by atoms with van der Waals surface area (Å²) in [6.45, 7) is 4.47. The summed E-state index contributed by atoms with van der Waals surface area (Å²) in [5.74, 6) is 0.798. The minimum atomic E-state index is 0.264. The topological polar surface area (TPSA) is 49.6 Å². The molecule has 0 aromatic carbocycles. The van der Waals surface area contributed by atoms with Gasteiger partial charge in [0.2, 0.25) is 5.91 Å². The minimum Gasteiger partial charge on any atom is -0.343 e. The van der Waals surface area contributed by atoms with Crippen LogP contribution in [0.25, 0.3) is 0 Å². The number of carbonyl (C=O) groups excluding carboxylic acids is 1. The van der Waals surface area contributed by atoms with Gasteiger partial charge >= 0.3 is 0 Å². The molecule has 1 amide bonds. The third kappa shape index (κ3) is 3.78. The van der Waals surface area contributed by atoms with E-state index >= 15 is 0 Å². The van der Waals surface area contributed by atoms with Crippen LogP contribution in [0.1, 0.15) is 57.8 Å². The summed E-state index contributed by atoms with van der Waals surface area (Å²) in [5, 5.41) is 0. The number of nitrogens with two attached hydrogens (primary N) is 1. The van der Waals surface area contributed by atoms with Gasteiger partial charge in [-0.3, -0.25) is 4.79 Å². The largest absolute Gasteiger partial charge is 0.343 e. The normalized spacial score (nSPS) is 32.5. The first-order valence-corrected chi connectivity index (χ1v) is 9.01. The number of hydrogen-bond donors (Lipinski definition) is 1. The van der Waals surface area contributed by atoms with Gasteiger partial charge in [-0.2, -0.15) is 0 Å². The fraction of sp³-hybridized carbons (Fsp3) is 0.941. The molecule has 1 saturated carbocycles. The van der Waals surface area contributed by atoms with Crippen molar-refractivity contribution in [3.05, 3.63) is 0 Å². The monoisotopic (exact) mass is 293 g/mol. The summed E-state index contributed by atoms with van der Waals surface area (Å²) in [6.07, 6.45) is 10.6. The molecule has 3 aliphatic rings. The van der Waals surface area contributed by atoms with Crippen molar-refractivity contribution < 1.29 is 4.79 Å². The molecule has 4 heteroatoms. The SMILES string of the molecule is N[C@@H]1CCC[C@H]1CC(=O)N1CCC(N2CCCCC2)CC1. The first kappa shape index (κ1) is 15.3. The molecule has 0 bridgehead atoms. The van der Waals surface area contributed by atoms with Gasteiger partial charge in [0.15, 0.2) is 0 Å². The van der Waals surface area contributed by atoms with Crippen molar-refractivity contribution >= 4 is 5.91 Å². The zero-order valence-corrected chi connectivity index (χ0v) is 13.3. The van der Waals surface area contributed by atoms with Crippen molar-refractivity contribution in [3.8, 4) is 0 Å². The second-order valence-corrected chi connectivity index (χ2v) is 7.27. The highest BCUT2D eigenvalue weighted by molar-refractivity contribution is 5.76. The van der Waals surface area contributed by atoms with Crippen LogP contribution in [0.3, 0.4) is 0 Å². The number of amides is 1. The number of carbonyl (C=O) groups is 1. The number of hydrogen-bond acceptors (Lipinski definition) is 3. The van der Waals surface area contributed by atoms with Gasteiger partial charge in [-0.1, -0.05) is 12.8 Å². The van der Waals surface area contributed by atoms with E-state index in [9.17, 15) is 4.79 Å². The Morgan fingerprint density at radius 3 is 2.24 bits per heavy atom. The summed E-state index contributed by atoms with van der Waals surface area (Å²) >= 11 is 0. The van der Waals surface area contributed by atoms with Gasteiger partial charge in [-0.25, -0.2) is 0 Å². The predicted molar refractivity (Wildman–Crippen MR) is 85.0 cm³/mol. The lowest BCUT2D eigenvalue weighted by atomic mass is 9.97. The maximum Gasteiger partial charge on any atom is 0.222 e. The van der Waals surface area contributed by atoms with Crippen LogP contribution in [0.15, 0.2) is 0 Å². The second kappa shape index (κ2) is 7.10. The summed E-state index contributed by atoms with van der Waals surface area (Å²) in [5.41, 5.74) is 6.10. The lowest BCUT2D eigenvalue weighted by Crippen LogP contribution is -2.48. The summed E-state index contributed by atoms with van der Waals surface area (Å²) in [4.78, 5) is 17.2. The maximum atomic E-state index is 12.4. The summed E-state index contributed by atoms with van der Waals surface area (Å²) < 4.78 is 0. The number of piperidine rings is 2. The van der Waals surface area contributed by atoms with Crippen molar-refractivity contribution in [3.63, 3.8) is 0 Å². The van der Waals surface area contributed by atoms with Crippen molar-refractivity contribution in [2.75, 3.05) is 26.2 Å². The lowest BCUT2D eigenvalue weighted by molar-refractivity contribution is -0.133. The van der Waals surface area contributed by atoms with Crippen LogP contribution in [-0.2, 0) is 4.79 Å². The molecule has 120 valence electrons. The van der Waals surface area contributed by atoms with Crippen LogP contribution >= 0.6 is 0 Å². The van der Waals surface area contributed by atoms with Crippen LogP contribution in [-0.4, -0.2) is 54.0 Å². The second-order valence-electron chi connectivity index (χ2n) is 7.27. The molecule has 0 aromatic rings. The van der Waals surface area contributed by atoms with E-state index in [0.29, 0.717) is 18.2 Å². The Kier molecular flexibility index (Phi) is 5.17. The highest BCUT2D eigenvalue weighted by Crippen LogP contribution is 2.28. The molecule has 1 aliphatic carbocycles. The quantitative estimate of drug-likeness (QED) is 0.865. The van der Waals surface area contributed by atoms with Gasteiger partial charge in [0, 0.05) is 31.6 Å². The molecule has 3 fully saturated rings. The maximum absolute atomic E-state index is 12.4. The van der Waals surface area contributed by atoms with E-state index in [-0.39, 0.29) is 6.04 Å². The van der Waals surface area contributed by atoms with Crippen LogP contribution in [0.4, 0.5) is 0 Å². The number of likely N-dealkylation sites (tertiary alicyclic amines) is 2. The Labute approximate surface area is 129 Å². The number of rotatable bonds is 3. The highest BCUT2D eigenvalue weighted by atomic mass is 16.2. The molecule has 0 unspecified atom stereocenters. The first-order valence-electron chi connectivity index (χ1n) is 9.01. The molecule has 2 heterocycles. The van der Waals surface area contributed by atoms with E-state index in [1.165, 1.54) is 51.6 Å². The molecule has 3 rings (SSSR count). The Morgan fingerprint density at radius 1 is 0.905 bits per heavy atom. The van der Waals surface area contributed by atoms with Crippen molar-refractivity contribution in [1.29, 1.82) is 0 Å². The average Bonchev–Trinajstić information content (AvgIpc) is 2.93. The molecule has 2 saturated heterocycles. The van der Waals surface area contributed by atoms with Gasteiger partial charge in [-0.05, 0) is 57.5 Å². The third-order valence-corrected chi connectivity index (χ3v) is 5.88. The van der Waals surface area contributed by atoms with Gasteiger partial charge in [0.1, 0.15) is 0 Å². The highest BCUT2D eigenvalue weighted by Gasteiger charge is 2.31. The third-order valence-electron chi connectivity index (χ3n) is 5.88. The van der Waals surface area contributed by atoms with Gasteiger partial charge in [-0.15, -0.1) is 0 Å². The van der Waals surface area contributed by atoms with E-state index in [2.05, 4.69) is 9.80 Å². The molecule has 21 heavy (non-hydrogen) atoms. The molecule has 0 spiro atoms. The van der Waals surface area contributed by atoms with Gasteiger partial charge in [0.05, 0.1) is 0 Å². The predicted octanol–water partition coefficient (Wildman–Crippen LogP) is 1.98. The van der Waals surface area contributed by atoms with Crippen LogP contribution in [0, 0.1) is 5.92 Å². The van der Waals surface area contributed by atoms with Crippen molar-refractivity contribution in [1.82, 2.24) is 9.80 Å². The fourth-order valence-electron chi connectivity index (χ4n) is 4.44. The van der Waals surface area contributed by atoms with E-state index in [1.807, 2.05) is 0 Å². The van der Waals surface area contributed by atoms with E-state index in [1.54, 1.807) is 0 Å². The van der Waals surface area contributed by atoms with Crippen LogP contribution < -0.4 is 5.73 Å². The van der Waals surface area contributed by atoms with Crippen LogP contribution in [0.2, 0.25) is 0 Å². The fourth-order valence-corrected chi connectivity index (χ4v) is 4.44. The minimum absolute atomic E-state index is 0.264. The molecule has 2 aliphatic heterocycles. The lowest BCUT2D eigenvalue weighted by Gasteiger charge is -2.40. The Bertz CT molecular complexity index is 346. The molecule has 0 radical (unpaired) electrons. The average molecular weight is 293 g/mol. The Morgan fingerprint density at radius 2 is 1.62 bits per heavy atom. The smallest absolute Gasteiger partial charge is 0.222 e. The standard InChI is InChI=1S/C17H31N3O/c18-16-6-4-5-14(16)13-17(21)20-11-7-15(8-12-20)19-9-2-1-3-10-19/h14-16H,1-13,18H2/t14-,16+/m0/s1. The Hall–Kier alpha value is -0.610. The van der Waals surface area contributed by atoms with E-state index in [0.717, 1.165) is 32.0 Å². The van der Waals surface area contributed by atoms with E-state index in [4.69, 9.17) is 5.73 Å². The van der Waals surface area contributed by atoms with Gasteiger partial charge < -0.3 is 15.5 Å². The summed E-state index contributed by atoms with van der Waals surface area (Å²) in [6, 6.07) is 0.989. The zero-order valence-electron chi connectivity index (χ0n) is 13.3. The molecule has 4 nitrogen and oxygen atoms in total. The molecule has 2 atom stereocenters. The molecular formula is C17H31N3O. The molecular weight excluding hydrogens is 262 g/mol. The summed E-state index contributed by atoms with van der Waals surface area (Å²) in [7, 11) is 0. The van der Waals surface area contributed by atoms with Crippen molar-refractivity contribution in [2.45, 2.75) is 69.9 Å². The number of nitrogens with zero attached hydrogens (tertiary/aromatic N) is 2. The Balaban J connectivity index is 1.43.